The van der Waals surface area contributed by atoms with Gasteiger partial charge in [0.1, 0.15) is 0 Å². The number of hydrogen-bond acceptors (Lipinski definition) is 0. The third-order valence-electron chi connectivity index (χ3n) is 2.43. The molecule has 0 saturated carbocycles. The molecule has 0 spiro atoms. The van der Waals surface area contributed by atoms with Crippen LogP contribution in [0.4, 0.5) is 0 Å². The Morgan fingerprint density at radius 3 is 1.13 bits per heavy atom. The van der Waals surface area contributed by atoms with Crippen molar-refractivity contribution in [3.05, 3.63) is 61.2 Å². The quantitative estimate of drug-likeness (QED) is 0.461. The molecule has 0 heteroatoms. The molecule has 0 bridgehead atoms. The van der Waals surface area contributed by atoms with E-state index in [0.29, 0.717) is 0 Å². The third-order valence-corrected chi connectivity index (χ3v) is 2.43. The Labute approximate surface area is 90.9 Å². The molecule has 1 aliphatic rings. The van der Waals surface area contributed by atoms with Gasteiger partial charge in [-0.2, -0.15) is 0 Å². The van der Waals surface area contributed by atoms with Gasteiger partial charge in [0.25, 0.3) is 0 Å². The monoisotopic (exact) mass is 194 g/mol. The molecule has 0 fully saturated rings. The zero-order chi connectivity index (χ0) is 10.7. The minimum absolute atomic E-state index is 1.40. The summed E-state index contributed by atoms with van der Waals surface area (Å²) in [5.74, 6) is 0. The van der Waals surface area contributed by atoms with E-state index in [2.05, 4.69) is 55.1 Å². The van der Waals surface area contributed by atoms with Crippen LogP contribution in [-0.2, 0) is 0 Å². The summed E-state index contributed by atoms with van der Waals surface area (Å²) in [6.45, 7) is 5.25. The number of allylic oxidation sites excluding steroid dienone is 1. The predicted octanol–water partition coefficient (Wildman–Crippen LogP) is 4.53. The molecule has 0 aliphatic heterocycles. The van der Waals surface area contributed by atoms with Crippen molar-refractivity contribution < 1.29 is 0 Å². The van der Waals surface area contributed by atoms with Crippen molar-refractivity contribution >= 4 is 0 Å². The van der Waals surface area contributed by atoms with Crippen LogP contribution in [-0.4, -0.2) is 0 Å². The highest BCUT2D eigenvalue weighted by Gasteiger charge is 2.19. The first-order valence-electron chi connectivity index (χ1n) is 5.14. The molecule has 0 heterocycles. The summed E-state index contributed by atoms with van der Waals surface area (Å²) in [7, 11) is 0. The number of rotatable bonds is 0. The van der Waals surface area contributed by atoms with E-state index in [1.54, 1.807) is 6.08 Å². The van der Waals surface area contributed by atoms with Crippen LogP contribution >= 0.6 is 0 Å². The van der Waals surface area contributed by atoms with Crippen molar-refractivity contribution in [2.45, 2.75) is 6.92 Å². The van der Waals surface area contributed by atoms with Gasteiger partial charge in [-0.1, -0.05) is 54.6 Å². The molecule has 0 radical (unpaired) electrons. The topological polar surface area (TPSA) is 0 Å². The summed E-state index contributed by atoms with van der Waals surface area (Å²) < 4.78 is 0. The first-order chi connectivity index (χ1) is 7.38. The normalized spacial score (nSPS) is 9.93. The summed E-state index contributed by atoms with van der Waals surface area (Å²) >= 11 is 0. The standard InChI is InChI=1S/C12H8.C3H6/c1-2-6-10-9(5-1)11-7-3-4-8-12(10)11;1-3-2/h1-8H;3H,1H2,2H3. The lowest BCUT2D eigenvalue weighted by Gasteiger charge is -2.22. The fourth-order valence-corrected chi connectivity index (χ4v) is 1.84. The summed E-state index contributed by atoms with van der Waals surface area (Å²) in [6, 6.07) is 17.1. The van der Waals surface area contributed by atoms with Crippen molar-refractivity contribution in [1.82, 2.24) is 0 Å². The van der Waals surface area contributed by atoms with Gasteiger partial charge in [-0.15, -0.1) is 6.58 Å². The second-order valence-corrected chi connectivity index (χ2v) is 3.50. The second-order valence-electron chi connectivity index (χ2n) is 3.50. The molecule has 0 nitrogen and oxygen atoms in total. The fraction of sp³-hybridized carbons (Fsp3) is 0.0667. The summed E-state index contributed by atoms with van der Waals surface area (Å²) in [5, 5.41) is 0. The Bertz CT molecular complexity index is 381. The summed E-state index contributed by atoms with van der Waals surface area (Å²) in [4.78, 5) is 0. The second kappa shape index (κ2) is 4.14. The minimum Gasteiger partial charge on any atom is -0.103 e. The van der Waals surface area contributed by atoms with E-state index in [1.165, 1.54) is 22.3 Å². The zero-order valence-corrected chi connectivity index (χ0v) is 8.90. The lowest BCUT2D eigenvalue weighted by Crippen LogP contribution is -1.96. The van der Waals surface area contributed by atoms with E-state index in [1.807, 2.05) is 6.92 Å². The Hall–Kier alpha value is -1.82. The van der Waals surface area contributed by atoms with Gasteiger partial charge in [0.15, 0.2) is 0 Å². The van der Waals surface area contributed by atoms with Crippen LogP contribution in [0, 0.1) is 0 Å². The van der Waals surface area contributed by atoms with Gasteiger partial charge in [-0.3, -0.25) is 0 Å². The minimum atomic E-state index is 1.40. The van der Waals surface area contributed by atoms with Crippen molar-refractivity contribution in [3.63, 3.8) is 0 Å². The van der Waals surface area contributed by atoms with Crippen LogP contribution in [0.25, 0.3) is 22.3 Å². The largest absolute Gasteiger partial charge is 0.103 e. The van der Waals surface area contributed by atoms with Gasteiger partial charge in [0, 0.05) is 0 Å². The van der Waals surface area contributed by atoms with Gasteiger partial charge < -0.3 is 0 Å². The molecule has 0 atom stereocenters. The Morgan fingerprint density at radius 1 is 0.733 bits per heavy atom. The average molecular weight is 194 g/mol. The van der Waals surface area contributed by atoms with Gasteiger partial charge in [0.05, 0.1) is 0 Å². The van der Waals surface area contributed by atoms with Crippen LogP contribution in [0.1, 0.15) is 6.92 Å². The van der Waals surface area contributed by atoms with Gasteiger partial charge in [-0.05, 0) is 29.2 Å². The molecule has 0 saturated heterocycles. The lowest BCUT2D eigenvalue weighted by molar-refractivity contribution is 1.52. The highest BCUT2D eigenvalue weighted by atomic mass is 14.2. The van der Waals surface area contributed by atoms with Crippen LogP contribution in [0.15, 0.2) is 61.2 Å². The molecule has 3 rings (SSSR count). The molecule has 0 N–H and O–H groups in total. The van der Waals surface area contributed by atoms with E-state index in [0.717, 1.165) is 0 Å². The smallest absolute Gasteiger partial charge is 0.00990 e. The first kappa shape index (κ1) is 9.72. The Balaban J connectivity index is 0.000000258. The van der Waals surface area contributed by atoms with Crippen LogP contribution in [0.2, 0.25) is 0 Å². The molecular weight excluding hydrogens is 180 g/mol. The molecule has 2 aromatic rings. The highest BCUT2D eigenvalue weighted by molar-refractivity contribution is 6.01. The Morgan fingerprint density at radius 2 is 0.933 bits per heavy atom. The third kappa shape index (κ3) is 1.59. The average Bonchev–Trinajstić information content (AvgIpc) is 2.27. The number of hydrogen-bond donors (Lipinski definition) is 0. The predicted molar refractivity (Wildman–Crippen MR) is 66.7 cm³/mol. The maximum absolute atomic E-state index is 3.36. The number of benzene rings is 2. The van der Waals surface area contributed by atoms with Crippen molar-refractivity contribution in [2.75, 3.05) is 0 Å². The van der Waals surface area contributed by atoms with Gasteiger partial charge in [-0.25, -0.2) is 0 Å². The van der Waals surface area contributed by atoms with Crippen molar-refractivity contribution in [3.8, 4) is 22.3 Å². The number of fused-ring (bicyclic) bond motifs is 4. The molecular formula is C15H14. The summed E-state index contributed by atoms with van der Waals surface area (Å²) in [5.41, 5.74) is 5.59. The van der Waals surface area contributed by atoms with E-state index in [4.69, 9.17) is 0 Å². The fourth-order valence-electron chi connectivity index (χ4n) is 1.84. The maximum Gasteiger partial charge on any atom is -0.00990 e. The molecule has 1 aliphatic carbocycles. The van der Waals surface area contributed by atoms with E-state index < -0.39 is 0 Å². The van der Waals surface area contributed by atoms with Crippen LogP contribution in [0.3, 0.4) is 0 Å². The molecule has 0 aromatic heterocycles. The van der Waals surface area contributed by atoms with E-state index in [9.17, 15) is 0 Å². The maximum atomic E-state index is 3.36. The van der Waals surface area contributed by atoms with Crippen molar-refractivity contribution in [2.24, 2.45) is 0 Å². The SMILES string of the molecule is C=CC.c1ccc2c(c1)-c1ccccc1-2. The molecule has 0 unspecified atom stereocenters. The van der Waals surface area contributed by atoms with Crippen LogP contribution in [0.5, 0.6) is 0 Å². The van der Waals surface area contributed by atoms with E-state index >= 15 is 0 Å². The molecule has 74 valence electrons. The first-order valence-corrected chi connectivity index (χ1v) is 5.14. The van der Waals surface area contributed by atoms with E-state index in [-0.39, 0.29) is 0 Å². The highest BCUT2D eigenvalue weighted by Crippen LogP contribution is 2.46. The lowest BCUT2D eigenvalue weighted by atomic mass is 9.81. The Kier molecular flexibility index (Phi) is 2.68. The molecule has 15 heavy (non-hydrogen) atoms. The van der Waals surface area contributed by atoms with Gasteiger partial charge >= 0.3 is 0 Å². The van der Waals surface area contributed by atoms with Crippen molar-refractivity contribution in [1.29, 1.82) is 0 Å². The van der Waals surface area contributed by atoms with Crippen LogP contribution < -0.4 is 0 Å². The van der Waals surface area contributed by atoms with Gasteiger partial charge in [0.2, 0.25) is 0 Å². The zero-order valence-electron chi connectivity index (χ0n) is 8.90. The summed E-state index contributed by atoms with van der Waals surface area (Å²) in [6.07, 6.45) is 1.75. The molecule has 0 amide bonds. The molecule has 2 aromatic carbocycles.